The van der Waals surface area contributed by atoms with Crippen molar-refractivity contribution in [2.45, 2.75) is 48.0 Å². The third-order valence-electron chi connectivity index (χ3n) is 5.25. The molecule has 1 aromatic carbocycles. The van der Waals surface area contributed by atoms with Crippen molar-refractivity contribution in [2.75, 3.05) is 6.26 Å². The van der Waals surface area contributed by atoms with Gasteiger partial charge in [-0.3, -0.25) is 0 Å². The Morgan fingerprint density at radius 1 is 1.10 bits per heavy atom. The van der Waals surface area contributed by atoms with E-state index in [0.29, 0.717) is 9.49 Å². The van der Waals surface area contributed by atoms with Crippen molar-refractivity contribution in [3.8, 4) is 0 Å². The van der Waals surface area contributed by atoms with Crippen LogP contribution in [0.5, 0.6) is 0 Å². The van der Waals surface area contributed by atoms with Crippen LogP contribution >= 0.6 is 10.0 Å². The van der Waals surface area contributed by atoms with Crippen LogP contribution < -0.4 is 0 Å². The molecule has 0 amide bonds. The summed E-state index contributed by atoms with van der Waals surface area (Å²) < 4.78 is 0.700. The molecule has 0 heterocycles. The highest BCUT2D eigenvalue weighted by molar-refractivity contribution is 8.35. The van der Waals surface area contributed by atoms with Gasteiger partial charge in [0.2, 0.25) is 0 Å². The molecular weight excluding hydrogens is 260 g/mol. The third kappa shape index (κ3) is 1.83. The highest BCUT2D eigenvalue weighted by atomic mass is 32.3. The lowest BCUT2D eigenvalue weighted by Crippen LogP contribution is -2.34. The first-order chi connectivity index (χ1) is 9.42. The normalized spacial score (nSPS) is 32.9. The first-order valence-electron chi connectivity index (χ1n) is 7.59. The molecule has 0 saturated heterocycles. The molecule has 0 radical (unpaired) electrons. The maximum Gasteiger partial charge on any atom is 0.0292 e. The highest BCUT2D eigenvalue weighted by Crippen LogP contribution is 2.81. The monoisotopic (exact) mass is 286 g/mol. The molecule has 108 valence electrons. The van der Waals surface area contributed by atoms with Crippen LogP contribution in [-0.2, 0) is 0 Å². The van der Waals surface area contributed by atoms with Crippen LogP contribution in [0.4, 0.5) is 0 Å². The van der Waals surface area contributed by atoms with E-state index in [1.807, 2.05) is 0 Å². The van der Waals surface area contributed by atoms with Gasteiger partial charge in [-0.25, -0.2) is 10.0 Å². The van der Waals surface area contributed by atoms with Gasteiger partial charge >= 0.3 is 0 Å². The van der Waals surface area contributed by atoms with Crippen molar-refractivity contribution < 1.29 is 0 Å². The predicted octanol–water partition coefficient (Wildman–Crippen LogP) is 5.55. The van der Waals surface area contributed by atoms with Crippen LogP contribution in [-0.4, -0.2) is 15.7 Å². The summed E-state index contributed by atoms with van der Waals surface area (Å²) in [6.07, 6.45) is 14.8. The van der Waals surface area contributed by atoms with Crippen molar-refractivity contribution >= 4 is 10.0 Å². The summed E-state index contributed by atoms with van der Waals surface area (Å²) in [7, 11) is -0.923. The van der Waals surface area contributed by atoms with Gasteiger partial charge in [-0.2, -0.15) is 0 Å². The lowest BCUT2D eigenvalue weighted by atomic mass is 10.2. The van der Waals surface area contributed by atoms with Crippen molar-refractivity contribution in [3.05, 3.63) is 54.6 Å². The van der Waals surface area contributed by atoms with Gasteiger partial charge in [-0.15, -0.1) is 0 Å². The van der Waals surface area contributed by atoms with E-state index in [1.54, 1.807) is 4.90 Å². The van der Waals surface area contributed by atoms with Crippen LogP contribution in [0.2, 0.25) is 0 Å². The molecule has 0 nitrogen and oxygen atoms in total. The standard InChI is InChI=1S/C19H26S/c1-18(2,3)20(4,17-12-8-5-9-13-17)19-14-10-6-7-11-16(19)15-19/h5,7-14,16H,6,15H2,1-4H3. The van der Waals surface area contributed by atoms with Gasteiger partial charge < -0.3 is 0 Å². The van der Waals surface area contributed by atoms with Gasteiger partial charge in [-0.1, -0.05) is 75.4 Å². The molecular formula is C19H26S. The number of hydrogen-bond acceptors (Lipinski definition) is 0. The number of allylic oxidation sites excluding steroid dienone is 3. The second kappa shape index (κ2) is 4.53. The summed E-state index contributed by atoms with van der Waals surface area (Å²) in [6, 6.07) is 11.3. The van der Waals surface area contributed by atoms with E-state index in [4.69, 9.17) is 0 Å². The quantitative estimate of drug-likeness (QED) is 0.625. The lowest BCUT2D eigenvalue weighted by Gasteiger charge is -2.54. The van der Waals surface area contributed by atoms with E-state index in [2.05, 4.69) is 81.7 Å². The van der Waals surface area contributed by atoms with Gasteiger partial charge in [0.25, 0.3) is 0 Å². The molecule has 1 saturated carbocycles. The first kappa shape index (κ1) is 14.0. The number of rotatable bonds is 2. The van der Waals surface area contributed by atoms with Crippen LogP contribution in [0.3, 0.4) is 0 Å². The molecule has 0 N–H and O–H groups in total. The molecule has 3 unspecified atom stereocenters. The topological polar surface area (TPSA) is 0 Å². The van der Waals surface area contributed by atoms with E-state index in [9.17, 15) is 0 Å². The molecule has 1 heteroatoms. The minimum absolute atomic E-state index is 0.311. The average Bonchev–Trinajstić information content (AvgIpc) is 3.12. The van der Waals surface area contributed by atoms with Gasteiger partial charge in [0, 0.05) is 4.75 Å². The predicted molar refractivity (Wildman–Crippen MR) is 91.7 cm³/mol. The summed E-state index contributed by atoms with van der Waals surface area (Å²) in [6.45, 7) is 7.30. The number of fused-ring (bicyclic) bond motifs is 1. The Kier molecular flexibility index (Phi) is 3.17. The van der Waals surface area contributed by atoms with Crippen molar-refractivity contribution in [1.82, 2.24) is 0 Å². The summed E-state index contributed by atoms with van der Waals surface area (Å²) >= 11 is 0. The number of hydrogen-bond donors (Lipinski definition) is 0. The minimum atomic E-state index is -0.923. The second-order valence-corrected chi connectivity index (χ2v) is 11.5. The zero-order valence-corrected chi connectivity index (χ0v) is 13.9. The Morgan fingerprint density at radius 2 is 1.80 bits per heavy atom. The Balaban J connectivity index is 2.16. The Bertz CT molecular complexity index is 549. The molecule has 20 heavy (non-hydrogen) atoms. The van der Waals surface area contributed by atoms with E-state index >= 15 is 0 Å². The Hall–Kier alpha value is -0.950. The average molecular weight is 286 g/mol. The van der Waals surface area contributed by atoms with Crippen LogP contribution in [0.1, 0.15) is 33.6 Å². The highest BCUT2D eigenvalue weighted by Gasteiger charge is 2.63. The largest absolute Gasteiger partial charge is 0.203 e. The molecule has 1 fully saturated rings. The van der Waals surface area contributed by atoms with E-state index in [0.717, 1.165) is 12.3 Å². The fraction of sp³-hybridized carbons (Fsp3) is 0.474. The summed E-state index contributed by atoms with van der Waals surface area (Å²) in [5.74, 6) is 0.751. The Morgan fingerprint density at radius 3 is 2.45 bits per heavy atom. The van der Waals surface area contributed by atoms with Crippen molar-refractivity contribution in [3.63, 3.8) is 0 Å². The Labute approximate surface area is 125 Å². The minimum Gasteiger partial charge on any atom is -0.203 e. The third-order valence-corrected chi connectivity index (χ3v) is 11.0. The first-order valence-corrected chi connectivity index (χ1v) is 9.63. The van der Waals surface area contributed by atoms with E-state index in [-0.39, 0.29) is 0 Å². The zero-order valence-electron chi connectivity index (χ0n) is 13.1. The van der Waals surface area contributed by atoms with E-state index < -0.39 is 10.0 Å². The maximum absolute atomic E-state index is 2.56. The molecule has 0 aromatic heterocycles. The van der Waals surface area contributed by atoms with Crippen molar-refractivity contribution in [2.24, 2.45) is 5.92 Å². The van der Waals surface area contributed by atoms with Crippen LogP contribution in [0.15, 0.2) is 59.5 Å². The van der Waals surface area contributed by atoms with Gasteiger partial charge in [-0.05, 0) is 34.7 Å². The second-order valence-electron chi connectivity index (χ2n) is 7.18. The molecule has 0 bridgehead atoms. The fourth-order valence-corrected chi connectivity index (χ4v) is 8.29. The van der Waals surface area contributed by atoms with Gasteiger partial charge in [0.1, 0.15) is 0 Å². The van der Waals surface area contributed by atoms with Crippen molar-refractivity contribution in [1.29, 1.82) is 0 Å². The summed E-state index contributed by atoms with van der Waals surface area (Å²) in [5.41, 5.74) is 0. The molecule has 1 aromatic rings. The molecule has 3 rings (SSSR count). The fourth-order valence-electron chi connectivity index (χ4n) is 3.74. The van der Waals surface area contributed by atoms with Gasteiger partial charge in [0.15, 0.2) is 0 Å². The molecule has 0 spiro atoms. The smallest absolute Gasteiger partial charge is 0.0292 e. The molecule has 2 aliphatic rings. The lowest BCUT2D eigenvalue weighted by molar-refractivity contribution is 0.767. The maximum atomic E-state index is 2.56. The number of benzene rings is 1. The molecule has 3 atom stereocenters. The molecule has 0 aliphatic heterocycles. The summed E-state index contributed by atoms with van der Waals surface area (Å²) in [4.78, 5) is 1.56. The van der Waals surface area contributed by atoms with Crippen LogP contribution in [0.25, 0.3) is 0 Å². The van der Waals surface area contributed by atoms with E-state index in [1.165, 1.54) is 6.42 Å². The summed E-state index contributed by atoms with van der Waals surface area (Å²) in [5, 5.41) is 0. The van der Waals surface area contributed by atoms with Crippen LogP contribution in [0, 0.1) is 5.92 Å². The van der Waals surface area contributed by atoms with Gasteiger partial charge in [0.05, 0.1) is 0 Å². The molecule has 2 aliphatic carbocycles. The SMILES string of the molecule is CC(C)(C)S(C)(c1ccccc1)C12C=CCC=CC1C2. The zero-order chi connectivity index (χ0) is 14.4.